The van der Waals surface area contributed by atoms with Crippen molar-refractivity contribution in [2.45, 2.75) is 33.2 Å². The summed E-state index contributed by atoms with van der Waals surface area (Å²) in [6.07, 6.45) is 1.25. The van der Waals surface area contributed by atoms with Crippen molar-refractivity contribution < 1.29 is 14.6 Å². The number of carbonyl (C=O) groups is 1. The van der Waals surface area contributed by atoms with Crippen molar-refractivity contribution in [1.82, 2.24) is 5.32 Å². The Hall–Kier alpha value is -2.33. The minimum atomic E-state index is -0.725. The molecule has 0 bridgehead atoms. The molecule has 0 saturated heterocycles. The summed E-state index contributed by atoms with van der Waals surface area (Å²) in [5.74, 6) is 0.127. The number of benzene rings is 2. The minimum absolute atomic E-state index is 0.476. The normalized spacial score (nSPS) is 11.3. The molecule has 0 saturated carbocycles. The van der Waals surface area contributed by atoms with E-state index < -0.39 is 11.4 Å². The topological polar surface area (TPSA) is 58.6 Å². The van der Waals surface area contributed by atoms with Crippen LogP contribution >= 0.6 is 0 Å². The van der Waals surface area contributed by atoms with Crippen LogP contribution in [0.3, 0.4) is 0 Å². The van der Waals surface area contributed by atoms with E-state index in [1.165, 1.54) is 0 Å². The SMILES string of the molecule is CCC(CC)(CNCc1ccc(-c2ccccc2OC)cc1)C(=O)O. The lowest BCUT2D eigenvalue weighted by Gasteiger charge is -2.27. The summed E-state index contributed by atoms with van der Waals surface area (Å²) >= 11 is 0. The fraction of sp³-hybridized carbons (Fsp3) is 0.381. The highest BCUT2D eigenvalue weighted by atomic mass is 16.5. The summed E-state index contributed by atoms with van der Waals surface area (Å²) in [5.41, 5.74) is 2.61. The zero-order chi connectivity index (χ0) is 18.3. The van der Waals surface area contributed by atoms with Crippen molar-refractivity contribution in [2.75, 3.05) is 13.7 Å². The molecule has 0 atom stereocenters. The Morgan fingerprint density at radius 1 is 1.08 bits per heavy atom. The first-order chi connectivity index (χ1) is 12.1. The molecule has 2 rings (SSSR count). The van der Waals surface area contributed by atoms with Crippen molar-refractivity contribution in [1.29, 1.82) is 0 Å². The average molecular weight is 341 g/mol. The third kappa shape index (κ3) is 4.40. The van der Waals surface area contributed by atoms with Gasteiger partial charge in [-0.25, -0.2) is 0 Å². The molecule has 2 aromatic rings. The molecule has 0 aliphatic heterocycles. The summed E-state index contributed by atoms with van der Waals surface area (Å²) in [6, 6.07) is 16.2. The third-order valence-electron chi connectivity index (χ3n) is 4.97. The summed E-state index contributed by atoms with van der Waals surface area (Å²) in [5, 5.41) is 12.8. The van der Waals surface area contributed by atoms with Crippen LogP contribution in [0.25, 0.3) is 11.1 Å². The van der Waals surface area contributed by atoms with E-state index in [0.717, 1.165) is 22.4 Å². The van der Waals surface area contributed by atoms with E-state index in [4.69, 9.17) is 4.74 Å². The van der Waals surface area contributed by atoms with E-state index in [0.29, 0.717) is 25.9 Å². The number of aliphatic carboxylic acids is 1. The van der Waals surface area contributed by atoms with Crippen molar-refractivity contribution in [2.24, 2.45) is 5.41 Å². The number of carboxylic acids is 1. The molecule has 0 spiro atoms. The third-order valence-corrected chi connectivity index (χ3v) is 4.97. The molecule has 0 aliphatic rings. The van der Waals surface area contributed by atoms with Gasteiger partial charge in [0.25, 0.3) is 0 Å². The van der Waals surface area contributed by atoms with Gasteiger partial charge in [-0.05, 0) is 30.0 Å². The lowest BCUT2D eigenvalue weighted by molar-refractivity contribution is -0.149. The number of carboxylic acid groups (broad SMARTS) is 1. The molecular formula is C21H27NO3. The maximum atomic E-state index is 11.5. The zero-order valence-corrected chi connectivity index (χ0v) is 15.2. The van der Waals surface area contributed by atoms with E-state index in [1.807, 2.05) is 38.1 Å². The molecular weight excluding hydrogens is 314 g/mol. The second-order valence-electron chi connectivity index (χ2n) is 6.29. The van der Waals surface area contributed by atoms with E-state index in [2.05, 4.69) is 29.6 Å². The molecule has 0 amide bonds. The maximum absolute atomic E-state index is 11.5. The predicted molar refractivity (Wildman–Crippen MR) is 101 cm³/mol. The Balaban J connectivity index is 2.02. The van der Waals surface area contributed by atoms with Crippen molar-refractivity contribution >= 4 is 5.97 Å². The molecule has 0 heterocycles. The molecule has 134 valence electrons. The Kier molecular flexibility index (Phi) is 6.59. The fourth-order valence-corrected chi connectivity index (χ4v) is 3.01. The van der Waals surface area contributed by atoms with E-state index in [-0.39, 0.29) is 0 Å². The fourth-order valence-electron chi connectivity index (χ4n) is 3.01. The summed E-state index contributed by atoms with van der Waals surface area (Å²) in [7, 11) is 1.67. The highest BCUT2D eigenvalue weighted by molar-refractivity contribution is 5.74. The van der Waals surface area contributed by atoms with Gasteiger partial charge in [0.15, 0.2) is 0 Å². The van der Waals surface area contributed by atoms with Gasteiger partial charge in [0.05, 0.1) is 12.5 Å². The molecule has 4 nitrogen and oxygen atoms in total. The quantitative estimate of drug-likeness (QED) is 0.712. The smallest absolute Gasteiger partial charge is 0.310 e. The van der Waals surface area contributed by atoms with Gasteiger partial charge < -0.3 is 15.2 Å². The van der Waals surface area contributed by atoms with Crippen molar-refractivity contribution in [3.8, 4) is 16.9 Å². The Morgan fingerprint density at radius 2 is 1.72 bits per heavy atom. The van der Waals surface area contributed by atoms with Crippen LogP contribution < -0.4 is 10.1 Å². The number of nitrogens with one attached hydrogen (secondary N) is 1. The Morgan fingerprint density at radius 3 is 2.28 bits per heavy atom. The average Bonchev–Trinajstić information content (AvgIpc) is 2.66. The first kappa shape index (κ1) is 19.0. The number of para-hydroxylation sites is 1. The van der Waals surface area contributed by atoms with Crippen LogP contribution in [0, 0.1) is 5.41 Å². The van der Waals surface area contributed by atoms with Crippen LogP contribution in [0.5, 0.6) is 5.75 Å². The summed E-state index contributed by atoms with van der Waals surface area (Å²) in [6.45, 7) is 4.99. The van der Waals surface area contributed by atoms with Gasteiger partial charge in [0, 0.05) is 18.7 Å². The standard InChI is InChI=1S/C21H27NO3/c1-4-21(5-2,20(23)24)15-22-14-16-10-12-17(13-11-16)18-8-6-7-9-19(18)25-3/h6-13,22H,4-5,14-15H2,1-3H3,(H,23,24). The van der Waals surface area contributed by atoms with Crippen LogP contribution in [0.4, 0.5) is 0 Å². The van der Waals surface area contributed by atoms with Gasteiger partial charge in [-0.2, -0.15) is 0 Å². The molecule has 0 aromatic heterocycles. The molecule has 0 unspecified atom stereocenters. The van der Waals surface area contributed by atoms with Crippen molar-refractivity contribution in [3.05, 3.63) is 54.1 Å². The van der Waals surface area contributed by atoms with Gasteiger partial charge in [0.2, 0.25) is 0 Å². The first-order valence-electron chi connectivity index (χ1n) is 8.72. The number of hydrogen-bond acceptors (Lipinski definition) is 3. The highest BCUT2D eigenvalue weighted by Gasteiger charge is 2.34. The summed E-state index contributed by atoms with van der Waals surface area (Å²) in [4.78, 5) is 11.5. The molecule has 2 N–H and O–H groups in total. The minimum Gasteiger partial charge on any atom is -0.496 e. The Bertz CT molecular complexity index is 691. The lowest BCUT2D eigenvalue weighted by Crippen LogP contribution is -2.39. The number of methoxy groups -OCH3 is 1. The van der Waals surface area contributed by atoms with E-state index >= 15 is 0 Å². The molecule has 2 aromatic carbocycles. The molecule has 25 heavy (non-hydrogen) atoms. The van der Waals surface area contributed by atoms with Crippen LogP contribution in [0.1, 0.15) is 32.3 Å². The molecule has 0 aliphatic carbocycles. The van der Waals surface area contributed by atoms with Gasteiger partial charge in [0.1, 0.15) is 5.75 Å². The largest absolute Gasteiger partial charge is 0.496 e. The summed E-state index contributed by atoms with van der Waals surface area (Å²) < 4.78 is 5.41. The van der Waals surface area contributed by atoms with Gasteiger partial charge >= 0.3 is 5.97 Å². The number of ether oxygens (including phenoxy) is 1. The van der Waals surface area contributed by atoms with E-state index in [1.54, 1.807) is 7.11 Å². The molecule has 0 fully saturated rings. The highest BCUT2D eigenvalue weighted by Crippen LogP contribution is 2.29. The second-order valence-corrected chi connectivity index (χ2v) is 6.29. The van der Waals surface area contributed by atoms with E-state index in [9.17, 15) is 9.90 Å². The van der Waals surface area contributed by atoms with Crippen LogP contribution in [-0.4, -0.2) is 24.7 Å². The van der Waals surface area contributed by atoms with Crippen molar-refractivity contribution in [3.63, 3.8) is 0 Å². The maximum Gasteiger partial charge on any atom is 0.310 e. The van der Waals surface area contributed by atoms with Gasteiger partial charge in [-0.1, -0.05) is 56.3 Å². The van der Waals surface area contributed by atoms with Gasteiger partial charge in [-0.3, -0.25) is 4.79 Å². The van der Waals surface area contributed by atoms with Crippen LogP contribution in [0.15, 0.2) is 48.5 Å². The lowest BCUT2D eigenvalue weighted by atomic mass is 9.82. The first-order valence-corrected chi connectivity index (χ1v) is 8.72. The number of hydrogen-bond donors (Lipinski definition) is 2. The Labute approximate surface area is 149 Å². The van der Waals surface area contributed by atoms with Crippen LogP contribution in [0.2, 0.25) is 0 Å². The predicted octanol–water partition coefficient (Wildman–Crippen LogP) is 4.34. The zero-order valence-electron chi connectivity index (χ0n) is 15.2. The monoisotopic (exact) mass is 341 g/mol. The van der Waals surface area contributed by atoms with Crippen LogP contribution in [-0.2, 0) is 11.3 Å². The molecule has 0 radical (unpaired) electrons. The molecule has 4 heteroatoms. The number of rotatable bonds is 9. The second kappa shape index (κ2) is 8.67. The van der Waals surface area contributed by atoms with Gasteiger partial charge in [-0.15, -0.1) is 0 Å².